The van der Waals surface area contributed by atoms with Crippen LogP contribution in [0.4, 0.5) is 5.82 Å². The van der Waals surface area contributed by atoms with Gasteiger partial charge in [0.1, 0.15) is 5.82 Å². The summed E-state index contributed by atoms with van der Waals surface area (Å²) in [6.07, 6.45) is 1.95. The summed E-state index contributed by atoms with van der Waals surface area (Å²) >= 11 is 0. The standard InChI is InChI=1S/C13H23N3/c1-10(2)9-16(5)13-7-6-12(8-15-13)11(3)14-4/h6-8,10-11,14H,9H2,1-5H3. The Kier molecular flexibility index (Phi) is 4.74. The minimum Gasteiger partial charge on any atom is -0.359 e. The second kappa shape index (κ2) is 5.85. The van der Waals surface area contributed by atoms with Gasteiger partial charge in [-0.3, -0.25) is 0 Å². The minimum absolute atomic E-state index is 0.358. The molecule has 0 aliphatic heterocycles. The van der Waals surface area contributed by atoms with E-state index in [1.54, 1.807) is 0 Å². The van der Waals surface area contributed by atoms with Gasteiger partial charge in [0.25, 0.3) is 0 Å². The molecule has 0 amide bonds. The Labute approximate surface area is 98.9 Å². The molecule has 0 aliphatic rings. The number of hydrogen-bond acceptors (Lipinski definition) is 3. The first-order chi connectivity index (χ1) is 7.54. The van der Waals surface area contributed by atoms with Crippen LogP contribution in [0.25, 0.3) is 0 Å². The van der Waals surface area contributed by atoms with Gasteiger partial charge in [-0.2, -0.15) is 0 Å². The molecule has 90 valence electrons. The SMILES string of the molecule is CNC(C)c1ccc(N(C)CC(C)C)nc1. The van der Waals surface area contributed by atoms with E-state index in [9.17, 15) is 0 Å². The second-order valence-corrected chi connectivity index (χ2v) is 4.73. The van der Waals surface area contributed by atoms with Crippen LogP contribution in [0.1, 0.15) is 32.4 Å². The van der Waals surface area contributed by atoms with E-state index >= 15 is 0 Å². The van der Waals surface area contributed by atoms with Crippen molar-refractivity contribution in [3.05, 3.63) is 23.9 Å². The van der Waals surface area contributed by atoms with E-state index in [1.165, 1.54) is 5.56 Å². The highest BCUT2D eigenvalue weighted by Gasteiger charge is 2.06. The lowest BCUT2D eigenvalue weighted by atomic mass is 10.1. The molecule has 0 aliphatic carbocycles. The Morgan fingerprint density at radius 1 is 1.31 bits per heavy atom. The molecule has 1 rings (SSSR count). The van der Waals surface area contributed by atoms with Crippen molar-refractivity contribution in [3.63, 3.8) is 0 Å². The minimum atomic E-state index is 0.358. The molecule has 0 saturated carbocycles. The molecule has 3 nitrogen and oxygen atoms in total. The van der Waals surface area contributed by atoms with Gasteiger partial charge < -0.3 is 10.2 Å². The van der Waals surface area contributed by atoms with Crippen molar-refractivity contribution < 1.29 is 0 Å². The number of aromatic nitrogens is 1. The van der Waals surface area contributed by atoms with E-state index in [1.807, 2.05) is 13.2 Å². The smallest absolute Gasteiger partial charge is 0.128 e. The number of nitrogens with one attached hydrogen (secondary N) is 1. The summed E-state index contributed by atoms with van der Waals surface area (Å²) in [5.74, 6) is 1.70. The lowest BCUT2D eigenvalue weighted by molar-refractivity contribution is 0.631. The fourth-order valence-electron chi connectivity index (χ4n) is 1.69. The molecule has 1 atom stereocenters. The molecule has 0 spiro atoms. The van der Waals surface area contributed by atoms with Crippen LogP contribution in [0.2, 0.25) is 0 Å². The third-order valence-corrected chi connectivity index (χ3v) is 2.73. The third kappa shape index (κ3) is 3.49. The van der Waals surface area contributed by atoms with Gasteiger partial charge in [-0.1, -0.05) is 19.9 Å². The first-order valence-electron chi connectivity index (χ1n) is 5.89. The predicted molar refractivity (Wildman–Crippen MR) is 69.8 cm³/mol. The maximum absolute atomic E-state index is 4.49. The zero-order valence-corrected chi connectivity index (χ0v) is 11.0. The molecule has 0 bridgehead atoms. The summed E-state index contributed by atoms with van der Waals surface area (Å²) in [6, 6.07) is 4.59. The van der Waals surface area contributed by atoms with E-state index in [-0.39, 0.29) is 0 Å². The van der Waals surface area contributed by atoms with E-state index < -0.39 is 0 Å². The van der Waals surface area contributed by atoms with Gasteiger partial charge in [-0.15, -0.1) is 0 Å². The fraction of sp³-hybridized carbons (Fsp3) is 0.615. The zero-order chi connectivity index (χ0) is 12.1. The first-order valence-corrected chi connectivity index (χ1v) is 5.89. The van der Waals surface area contributed by atoms with E-state index in [0.29, 0.717) is 12.0 Å². The van der Waals surface area contributed by atoms with Crippen molar-refractivity contribution in [1.82, 2.24) is 10.3 Å². The summed E-state index contributed by atoms with van der Waals surface area (Å²) in [6.45, 7) is 7.60. The van der Waals surface area contributed by atoms with E-state index in [4.69, 9.17) is 0 Å². The molecule has 0 fully saturated rings. The largest absolute Gasteiger partial charge is 0.359 e. The molecule has 1 aromatic heterocycles. The highest BCUT2D eigenvalue weighted by molar-refractivity contribution is 5.38. The van der Waals surface area contributed by atoms with Gasteiger partial charge in [0.2, 0.25) is 0 Å². The Morgan fingerprint density at radius 2 is 2.00 bits per heavy atom. The highest BCUT2D eigenvalue weighted by atomic mass is 15.2. The van der Waals surface area contributed by atoms with Gasteiger partial charge in [0, 0.05) is 25.8 Å². The molecule has 0 aromatic carbocycles. The first kappa shape index (κ1) is 13.0. The van der Waals surface area contributed by atoms with Crippen LogP contribution in [0.3, 0.4) is 0 Å². The number of nitrogens with zero attached hydrogens (tertiary/aromatic N) is 2. The van der Waals surface area contributed by atoms with Gasteiger partial charge in [0.15, 0.2) is 0 Å². The number of pyridine rings is 1. The molecule has 3 heteroatoms. The Bertz CT molecular complexity index is 305. The van der Waals surface area contributed by atoms with Gasteiger partial charge in [-0.25, -0.2) is 4.98 Å². The van der Waals surface area contributed by atoms with E-state index in [2.05, 4.69) is 55.2 Å². The number of hydrogen-bond donors (Lipinski definition) is 1. The predicted octanol–water partition coefficient (Wildman–Crippen LogP) is 2.45. The maximum atomic E-state index is 4.49. The zero-order valence-electron chi connectivity index (χ0n) is 11.0. The van der Waals surface area contributed by atoms with Crippen LogP contribution in [-0.2, 0) is 0 Å². The van der Waals surface area contributed by atoms with E-state index in [0.717, 1.165) is 12.4 Å². The molecule has 0 radical (unpaired) electrons. The summed E-state index contributed by atoms with van der Waals surface area (Å²) in [7, 11) is 4.05. The lowest BCUT2D eigenvalue weighted by Gasteiger charge is -2.21. The summed E-state index contributed by atoms with van der Waals surface area (Å²) < 4.78 is 0. The van der Waals surface area contributed by atoms with Gasteiger partial charge >= 0.3 is 0 Å². The molecule has 0 saturated heterocycles. The monoisotopic (exact) mass is 221 g/mol. The lowest BCUT2D eigenvalue weighted by Crippen LogP contribution is -2.23. The summed E-state index contributed by atoms with van der Waals surface area (Å²) in [5.41, 5.74) is 1.23. The van der Waals surface area contributed by atoms with Crippen LogP contribution < -0.4 is 10.2 Å². The summed E-state index contributed by atoms with van der Waals surface area (Å²) in [4.78, 5) is 6.68. The Hall–Kier alpha value is -1.09. The van der Waals surface area contributed by atoms with Crippen LogP contribution in [0, 0.1) is 5.92 Å². The molecule has 1 N–H and O–H groups in total. The average Bonchev–Trinajstić information content (AvgIpc) is 2.27. The third-order valence-electron chi connectivity index (χ3n) is 2.73. The van der Waals surface area contributed by atoms with Crippen LogP contribution in [0.15, 0.2) is 18.3 Å². The number of rotatable bonds is 5. The quantitative estimate of drug-likeness (QED) is 0.828. The number of anilines is 1. The van der Waals surface area contributed by atoms with Crippen molar-refractivity contribution in [2.45, 2.75) is 26.8 Å². The second-order valence-electron chi connectivity index (χ2n) is 4.73. The molecular formula is C13H23N3. The van der Waals surface area contributed by atoms with Crippen molar-refractivity contribution in [3.8, 4) is 0 Å². The van der Waals surface area contributed by atoms with Crippen LogP contribution >= 0.6 is 0 Å². The maximum Gasteiger partial charge on any atom is 0.128 e. The van der Waals surface area contributed by atoms with Crippen molar-refractivity contribution in [2.24, 2.45) is 5.92 Å². The van der Waals surface area contributed by atoms with Gasteiger partial charge in [0.05, 0.1) is 0 Å². The van der Waals surface area contributed by atoms with Crippen molar-refractivity contribution in [1.29, 1.82) is 0 Å². The normalized spacial score (nSPS) is 12.9. The van der Waals surface area contributed by atoms with Crippen molar-refractivity contribution in [2.75, 3.05) is 25.5 Å². The molecule has 1 unspecified atom stereocenters. The van der Waals surface area contributed by atoms with Crippen molar-refractivity contribution >= 4 is 5.82 Å². The molecule has 1 heterocycles. The van der Waals surface area contributed by atoms with Gasteiger partial charge in [-0.05, 0) is 31.5 Å². The fourth-order valence-corrected chi connectivity index (χ4v) is 1.69. The van der Waals surface area contributed by atoms with Crippen LogP contribution in [-0.4, -0.2) is 25.6 Å². The molecule has 1 aromatic rings. The van der Waals surface area contributed by atoms with Crippen LogP contribution in [0.5, 0.6) is 0 Å². The molecular weight excluding hydrogens is 198 g/mol. The average molecular weight is 221 g/mol. The molecule has 16 heavy (non-hydrogen) atoms. The highest BCUT2D eigenvalue weighted by Crippen LogP contribution is 2.15. The Balaban J connectivity index is 2.70. The topological polar surface area (TPSA) is 28.2 Å². The summed E-state index contributed by atoms with van der Waals surface area (Å²) in [5, 5.41) is 3.21. The Morgan fingerprint density at radius 3 is 2.44 bits per heavy atom.